The summed E-state index contributed by atoms with van der Waals surface area (Å²) >= 11 is 1.92. The predicted octanol–water partition coefficient (Wildman–Crippen LogP) is 3.00. The summed E-state index contributed by atoms with van der Waals surface area (Å²) in [5, 5.41) is 21.6. The Morgan fingerprint density at radius 2 is 1.84 bits per heavy atom. The van der Waals surface area contributed by atoms with Crippen molar-refractivity contribution in [2.45, 2.75) is 82.9 Å². The average Bonchev–Trinajstić information content (AvgIpc) is 2.85. The van der Waals surface area contributed by atoms with Gasteiger partial charge in [0.1, 0.15) is 6.10 Å². The zero-order valence-corrected chi connectivity index (χ0v) is 16.4. The first-order valence-electron chi connectivity index (χ1n) is 9.90. The van der Waals surface area contributed by atoms with Crippen LogP contribution < -0.4 is 0 Å². The average molecular weight is 369 g/mol. The zero-order valence-electron chi connectivity index (χ0n) is 15.6. The van der Waals surface area contributed by atoms with Gasteiger partial charge in [-0.3, -0.25) is 4.79 Å². The maximum Gasteiger partial charge on any atom is 0.302 e. The maximum absolute atomic E-state index is 11.5. The van der Waals surface area contributed by atoms with Gasteiger partial charge in [-0.05, 0) is 55.8 Å². The molecule has 2 N–H and O–H groups in total. The van der Waals surface area contributed by atoms with E-state index in [0.717, 1.165) is 44.3 Å². The van der Waals surface area contributed by atoms with Crippen LogP contribution in [0.15, 0.2) is 0 Å². The molecule has 4 rings (SSSR count). The standard InChI is InChI=1S/C20H32O4S/c1-11(21)24-16-10-25-18-17-14(5-7-20(16,18)3)19(2)6-4-13(22)8-12(19)9-15(17)23/h12-18,22-23H,4-10H2,1-3H3/t12?,13-,14?,15-,16-,17?,18?,19-,20+/m0/s1. The van der Waals surface area contributed by atoms with Gasteiger partial charge in [0.2, 0.25) is 0 Å². The van der Waals surface area contributed by atoms with Crippen LogP contribution in [0.3, 0.4) is 0 Å². The summed E-state index contributed by atoms with van der Waals surface area (Å²) in [7, 11) is 0. The molecule has 4 aliphatic rings. The van der Waals surface area contributed by atoms with Gasteiger partial charge in [0.25, 0.3) is 0 Å². The molecule has 4 fully saturated rings. The van der Waals surface area contributed by atoms with Crippen molar-refractivity contribution < 1.29 is 19.7 Å². The lowest BCUT2D eigenvalue weighted by Crippen LogP contribution is -2.60. The highest BCUT2D eigenvalue weighted by atomic mass is 32.2. The summed E-state index contributed by atoms with van der Waals surface area (Å²) in [4.78, 5) is 11.5. The lowest BCUT2D eigenvalue weighted by molar-refractivity contribution is -0.166. The van der Waals surface area contributed by atoms with Crippen molar-refractivity contribution in [1.82, 2.24) is 0 Å². The summed E-state index contributed by atoms with van der Waals surface area (Å²) in [6, 6.07) is 0. The Hall–Kier alpha value is -0.260. The molecule has 4 unspecified atom stereocenters. The summed E-state index contributed by atoms with van der Waals surface area (Å²) in [6.45, 7) is 6.19. The fraction of sp³-hybridized carbons (Fsp3) is 0.950. The molecule has 5 heteroatoms. The number of thioether (sulfide) groups is 1. The van der Waals surface area contributed by atoms with Crippen LogP contribution in [0.25, 0.3) is 0 Å². The first-order valence-corrected chi connectivity index (χ1v) is 11.0. The molecular formula is C20H32O4S. The molecule has 9 atom stereocenters. The highest BCUT2D eigenvalue weighted by molar-refractivity contribution is 8.00. The molecule has 0 aromatic carbocycles. The van der Waals surface area contributed by atoms with Crippen molar-refractivity contribution in [2.24, 2.45) is 28.6 Å². The Morgan fingerprint density at radius 3 is 2.56 bits per heavy atom. The Bertz CT molecular complexity index is 554. The van der Waals surface area contributed by atoms with Crippen LogP contribution in [0.2, 0.25) is 0 Å². The molecule has 0 spiro atoms. The van der Waals surface area contributed by atoms with E-state index in [-0.39, 0.29) is 35.1 Å². The van der Waals surface area contributed by atoms with Crippen molar-refractivity contribution in [2.75, 3.05) is 5.75 Å². The smallest absolute Gasteiger partial charge is 0.302 e. The van der Waals surface area contributed by atoms with Gasteiger partial charge < -0.3 is 14.9 Å². The topological polar surface area (TPSA) is 66.8 Å². The maximum atomic E-state index is 11.5. The van der Waals surface area contributed by atoms with Gasteiger partial charge in [-0.2, -0.15) is 11.8 Å². The third-order valence-corrected chi connectivity index (χ3v) is 9.96. The molecule has 3 aliphatic carbocycles. The van der Waals surface area contributed by atoms with E-state index in [4.69, 9.17) is 4.74 Å². The summed E-state index contributed by atoms with van der Waals surface area (Å²) in [6.07, 6.45) is 5.32. The van der Waals surface area contributed by atoms with Crippen LogP contribution in [0.4, 0.5) is 0 Å². The second kappa shape index (κ2) is 6.13. The molecule has 3 saturated carbocycles. The quantitative estimate of drug-likeness (QED) is 0.697. The number of hydrogen-bond acceptors (Lipinski definition) is 5. The van der Waals surface area contributed by atoms with Crippen LogP contribution in [0, 0.1) is 28.6 Å². The number of aliphatic hydroxyl groups is 2. The van der Waals surface area contributed by atoms with Crippen LogP contribution >= 0.6 is 11.8 Å². The first-order chi connectivity index (χ1) is 11.8. The Labute approximate surface area is 155 Å². The summed E-state index contributed by atoms with van der Waals surface area (Å²) in [5.74, 6) is 1.92. The highest BCUT2D eigenvalue weighted by Gasteiger charge is 2.63. The molecule has 1 heterocycles. The van der Waals surface area contributed by atoms with Gasteiger partial charge in [-0.1, -0.05) is 13.8 Å². The first kappa shape index (κ1) is 18.1. The van der Waals surface area contributed by atoms with Gasteiger partial charge in [-0.25, -0.2) is 0 Å². The van der Waals surface area contributed by atoms with Crippen LogP contribution in [-0.2, 0) is 9.53 Å². The van der Waals surface area contributed by atoms with Crippen molar-refractivity contribution in [1.29, 1.82) is 0 Å². The van der Waals surface area contributed by atoms with Gasteiger partial charge in [0.15, 0.2) is 0 Å². The monoisotopic (exact) mass is 368 g/mol. The van der Waals surface area contributed by atoms with Gasteiger partial charge in [0, 0.05) is 29.3 Å². The third-order valence-electron chi connectivity index (χ3n) is 8.25. The van der Waals surface area contributed by atoms with Gasteiger partial charge in [0.05, 0.1) is 12.2 Å². The molecule has 0 radical (unpaired) electrons. The predicted molar refractivity (Wildman–Crippen MR) is 98.2 cm³/mol. The SMILES string of the molecule is CC(=O)O[C@H]1CSC2C3C(CC[C@@]21C)[C@@]1(C)CC[C@H](O)CC1C[C@@H]3O. The van der Waals surface area contributed by atoms with E-state index >= 15 is 0 Å². The Kier molecular flexibility index (Phi) is 4.45. The van der Waals surface area contributed by atoms with E-state index in [1.807, 2.05) is 11.8 Å². The van der Waals surface area contributed by atoms with Crippen molar-refractivity contribution >= 4 is 17.7 Å². The molecular weight excluding hydrogens is 336 g/mol. The molecule has 0 aromatic rings. The molecule has 0 aromatic heterocycles. The number of esters is 1. The number of ether oxygens (including phenoxy) is 1. The van der Waals surface area contributed by atoms with Crippen molar-refractivity contribution in [3.05, 3.63) is 0 Å². The normalized spacial score (nSPS) is 55.0. The number of aliphatic hydroxyl groups excluding tert-OH is 2. The molecule has 4 nitrogen and oxygen atoms in total. The summed E-state index contributed by atoms with van der Waals surface area (Å²) in [5.41, 5.74) is 0.223. The highest BCUT2D eigenvalue weighted by Crippen LogP contribution is 2.65. The van der Waals surface area contributed by atoms with Gasteiger partial charge in [-0.15, -0.1) is 0 Å². The number of hydrogen-bond donors (Lipinski definition) is 2. The van der Waals surface area contributed by atoms with E-state index in [1.54, 1.807) is 0 Å². The minimum Gasteiger partial charge on any atom is -0.461 e. The number of fused-ring (bicyclic) bond motifs is 5. The van der Waals surface area contributed by atoms with E-state index in [0.29, 0.717) is 23.0 Å². The second-order valence-corrected chi connectivity index (χ2v) is 10.7. The van der Waals surface area contributed by atoms with E-state index < -0.39 is 0 Å². The summed E-state index contributed by atoms with van der Waals surface area (Å²) < 4.78 is 5.67. The molecule has 142 valence electrons. The van der Waals surface area contributed by atoms with Gasteiger partial charge >= 0.3 is 5.97 Å². The lowest BCUT2D eigenvalue weighted by Gasteiger charge is -2.61. The minimum absolute atomic E-state index is 0.0180. The zero-order chi connectivity index (χ0) is 18.0. The van der Waals surface area contributed by atoms with E-state index in [9.17, 15) is 15.0 Å². The van der Waals surface area contributed by atoms with Crippen LogP contribution in [-0.4, -0.2) is 45.5 Å². The fourth-order valence-electron chi connectivity index (χ4n) is 6.79. The lowest BCUT2D eigenvalue weighted by atomic mass is 9.46. The molecule has 25 heavy (non-hydrogen) atoms. The molecule has 1 saturated heterocycles. The molecule has 0 amide bonds. The Balaban J connectivity index is 1.62. The molecule has 0 bridgehead atoms. The minimum atomic E-state index is -0.290. The Morgan fingerprint density at radius 1 is 1.12 bits per heavy atom. The second-order valence-electron chi connectivity index (χ2n) is 9.51. The fourth-order valence-corrected chi connectivity index (χ4v) is 8.86. The largest absolute Gasteiger partial charge is 0.461 e. The van der Waals surface area contributed by atoms with Crippen molar-refractivity contribution in [3.8, 4) is 0 Å². The van der Waals surface area contributed by atoms with E-state index in [1.165, 1.54) is 6.92 Å². The number of rotatable bonds is 1. The number of carbonyl (C=O) groups is 1. The van der Waals surface area contributed by atoms with Crippen LogP contribution in [0.1, 0.15) is 59.3 Å². The third kappa shape index (κ3) is 2.68. The van der Waals surface area contributed by atoms with E-state index in [2.05, 4.69) is 13.8 Å². The van der Waals surface area contributed by atoms with Crippen molar-refractivity contribution in [3.63, 3.8) is 0 Å². The number of carbonyl (C=O) groups excluding carboxylic acids is 1. The van der Waals surface area contributed by atoms with Crippen LogP contribution in [0.5, 0.6) is 0 Å². The molecule has 1 aliphatic heterocycles.